The lowest BCUT2D eigenvalue weighted by Crippen LogP contribution is -2.35. The van der Waals surface area contributed by atoms with Crippen LogP contribution >= 0.6 is 0 Å². The molecule has 1 N–H and O–H groups in total. The van der Waals surface area contributed by atoms with Crippen LogP contribution in [0.25, 0.3) is 0 Å². The lowest BCUT2D eigenvalue weighted by atomic mass is 9.99. The standard InChI is InChI=1S/C11H15NO3S/c1-8-3-4-10-9(7-8)11(13)5-6-12(10)16(2,14)15/h3-4,7,11,13H,5-6H2,1-2H3. The van der Waals surface area contributed by atoms with E-state index in [4.69, 9.17) is 0 Å². The second kappa shape index (κ2) is 3.75. The Morgan fingerprint density at radius 3 is 2.75 bits per heavy atom. The number of hydrogen-bond acceptors (Lipinski definition) is 3. The largest absolute Gasteiger partial charge is 0.388 e. The molecule has 16 heavy (non-hydrogen) atoms. The van der Waals surface area contributed by atoms with Gasteiger partial charge < -0.3 is 5.11 Å². The summed E-state index contributed by atoms with van der Waals surface area (Å²) in [5, 5.41) is 9.85. The highest BCUT2D eigenvalue weighted by Gasteiger charge is 2.28. The van der Waals surface area contributed by atoms with Crippen LogP contribution in [0.4, 0.5) is 5.69 Å². The molecule has 1 aliphatic heterocycles. The maximum atomic E-state index is 11.6. The van der Waals surface area contributed by atoms with Crippen molar-refractivity contribution < 1.29 is 13.5 Å². The lowest BCUT2D eigenvalue weighted by Gasteiger charge is -2.32. The Kier molecular flexibility index (Phi) is 2.67. The third-order valence-electron chi connectivity index (χ3n) is 2.82. The van der Waals surface area contributed by atoms with Gasteiger partial charge in [0.05, 0.1) is 18.0 Å². The predicted octanol–water partition coefficient (Wildman–Crippen LogP) is 1.20. The van der Waals surface area contributed by atoms with Gasteiger partial charge in [-0.15, -0.1) is 0 Å². The first kappa shape index (κ1) is 11.4. The molecule has 0 spiro atoms. The van der Waals surface area contributed by atoms with E-state index in [1.54, 1.807) is 6.07 Å². The Morgan fingerprint density at radius 2 is 2.12 bits per heavy atom. The summed E-state index contributed by atoms with van der Waals surface area (Å²) in [5.41, 5.74) is 2.33. The molecule has 1 aromatic carbocycles. The van der Waals surface area contributed by atoms with Gasteiger partial charge in [0.25, 0.3) is 0 Å². The summed E-state index contributed by atoms with van der Waals surface area (Å²) in [4.78, 5) is 0. The van der Waals surface area contributed by atoms with Crippen LogP contribution in [-0.2, 0) is 10.0 Å². The summed E-state index contributed by atoms with van der Waals surface area (Å²) in [6, 6.07) is 5.46. The third-order valence-corrected chi connectivity index (χ3v) is 4.00. The van der Waals surface area contributed by atoms with Gasteiger partial charge in [0.1, 0.15) is 0 Å². The number of benzene rings is 1. The number of rotatable bonds is 1. The van der Waals surface area contributed by atoms with E-state index in [-0.39, 0.29) is 0 Å². The molecular formula is C11H15NO3S. The van der Waals surface area contributed by atoms with E-state index in [2.05, 4.69) is 0 Å². The van der Waals surface area contributed by atoms with Gasteiger partial charge in [0.15, 0.2) is 0 Å². The minimum absolute atomic E-state index is 0.343. The third kappa shape index (κ3) is 1.92. The number of nitrogens with zero attached hydrogens (tertiary/aromatic N) is 1. The molecule has 0 saturated carbocycles. The fourth-order valence-electron chi connectivity index (χ4n) is 2.03. The Bertz CT molecular complexity index is 510. The van der Waals surface area contributed by atoms with Gasteiger partial charge >= 0.3 is 0 Å². The highest BCUT2D eigenvalue weighted by molar-refractivity contribution is 7.92. The van der Waals surface area contributed by atoms with Crippen LogP contribution in [0.5, 0.6) is 0 Å². The van der Waals surface area contributed by atoms with Crippen LogP contribution in [0.15, 0.2) is 18.2 Å². The van der Waals surface area contributed by atoms with E-state index in [1.807, 2.05) is 19.1 Å². The maximum absolute atomic E-state index is 11.6. The molecule has 0 aromatic heterocycles. The van der Waals surface area contributed by atoms with Gasteiger partial charge in [-0.2, -0.15) is 0 Å². The van der Waals surface area contributed by atoms with Crippen LogP contribution in [0.3, 0.4) is 0 Å². The SMILES string of the molecule is Cc1ccc2c(c1)C(O)CCN2S(C)(=O)=O. The van der Waals surface area contributed by atoms with Gasteiger partial charge in [0.2, 0.25) is 10.0 Å². The first-order chi connectivity index (χ1) is 7.39. The number of hydrogen-bond donors (Lipinski definition) is 1. The van der Waals surface area contributed by atoms with E-state index < -0.39 is 16.1 Å². The molecule has 0 radical (unpaired) electrons. The molecule has 1 aliphatic rings. The van der Waals surface area contributed by atoms with Crippen molar-refractivity contribution >= 4 is 15.7 Å². The number of anilines is 1. The average Bonchev–Trinajstić information content (AvgIpc) is 2.17. The van der Waals surface area contributed by atoms with Crippen molar-refractivity contribution in [3.8, 4) is 0 Å². The molecule has 0 bridgehead atoms. The minimum Gasteiger partial charge on any atom is -0.388 e. The highest BCUT2D eigenvalue weighted by atomic mass is 32.2. The fraction of sp³-hybridized carbons (Fsp3) is 0.455. The van der Waals surface area contributed by atoms with Gasteiger partial charge in [-0.3, -0.25) is 4.31 Å². The zero-order chi connectivity index (χ0) is 11.9. The van der Waals surface area contributed by atoms with Crippen molar-refractivity contribution in [2.45, 2.75) is 19.4 Å². The topological polar surface area (TPSA) is 57.6 Å². The molecule has 0 fully saturated rings. The molecule has 1 aromatic rings. The Labute approximate surface area is 95.6 Å². The molecular weight excluding hydrogens is 226 g/mol. The summed E-state index contributed by atoms with van der Waals surface area (Å²) in [6.07, 6.45) is 1.07. The Balaban J connectivity index is 2.57. The average molecular weight is 241 g/mol. The number of fused-ring (bicyclic) bond motifs is 1. The molecule has 5 heteroatoms. The zero-order valence-corrected chi connectivity index (χ0v) is 10.2. The first-order valence-corrected chi connectivity index (χ1v) is 7.01. The Morgan fingerprint density at radius 1 is 1.44 bits per heavy atom. The molecule has 1 unspecified atom stereocenters. The summed E-state index contributed by atoms with van der Waals surface area (Å²) in [7, 11) is -3.25. The van der Waals surface area contributed by atoms with Crippen molar-refractivity contribution in [2.75, 3.05) is 17.1 Å². The van der Waals surface area contributed by atoms with Gasteiger partial charge in [-0.25, -0.2) is 8.42 Å². The van der Waals surface area contributed by atoms with Crippen LogP contribution in [-0.4, -0.2) is 26.3 Å². The summed E-state index contributed by atoms with van der Waals surface area (Å²) < 4.78 is 24.5. The molecule has 4 nitrogen and oxygen atoms in total. The Hall–Kier alpha value is -1.07. The predicted molar refractivity (Wildman–Crippen MR) is 62.9 cm³/mol. The second-order valence-electron chi connectivity index (χ2n) is 4.20. The van der Waals surface area contributed by atoms with Gasteiger partial charge in [0, 0.05) is 12.1 Å². The molecule has 1 atom stereocenters. The molecule has 0 aliphatic carbocycles. The number of sulfonamides is 1. The number of aryl methyl sites for hydroxylation is 1. The van der Waals surface area contributed by atoms with Crippen LogP contribution in [0.2, 0.25) is 0 Å². The molecule has 0 amide bonds. The fourth-order valence-corrected chi connectivity index (χ4v) is 2.99. The number of aliphatic hydroxyl groups excluding tert-OH is 1. The van der Waals surface area contributed by atoms with Gasteiger partial charge in [-0.1, -0.05) is 17.7 Å². The van der Waals surface area contributed by atoms with E-state index in [0.29, 0.717) is 24.2 Å². The number of aliphatic hydroxyl groups is 1. The minimum atomic E-state index is -3.25. The zero-order valence-electron chi connectivity index (χ0n) is 9.34. The molecule has 2 rings (SSSR count). The summed E-state index contributed by atoms with van der Waals surface area (Å²) >= 11 is 0. The first-order valence-electron chi connectivity index (χ1n) is 5.16. The second-order valence-corrected chi connectivity index (χ2v) is 6.11. The molecule has 88 valence electrons. The quantitative estimate of drug-likeness (QED) is 0.803. The highest BCUT2D eigenvalue weighted by Crippen LogP contribution is 2.35. The van der Waals surface area contributed by atoms with Crippen molar-refractivity contribution in [2.24, 2.45) is 0 Å². The van der Waals surface area contributed by atoms with Crippen LogP contribution < -0.4 is 4.31 Å². The van der Waals surface area contributed by atoms with Crippen LogP contribution in [0, 0.1) is 6.92 Å². The summed E-state index contributed by atoms with van der Waals surface area (Å²) in [6.45, 7) is 2.27. The van der Waals surface area contributed by atoms with E-state index >= 15 is 0 Å². The molecule has 1 heterocycles. The lowest BCUT2D eigenvalue weighted by molar-refractivity contribution is 0.166. The van der Waals surface area contributed by atoms with Crippen molar-refractivity contribution in [1.29, 1.82) is 0 Å². The van der Waals surface area contributed by atoms with E-state index in [1.165, 1.54) is 10.6 Å². The maximum Gasteiger partial charge on any atom is 0.232 e. The normalized spacial score (nSPS) is 20.7. The van der Waals surface area contributed by atoms with Crippen molar-refractivity contribution in [3.05, 3.63) is 29.3 Å². The van der Waals surface area contributed by atoms with Crippen molar-refractivity contribution in [1.82, 2.24) is 0 Å². The smallest absolute Gasteiger partial charge is 0.232 e. The van der Waals surface area contributed by atoms with E-state index in [0.717, 1.165) is 5.56 Å². The van der Waals surface area contributed by atoms with Gasteiger partial charge in [-0.05, 0) is 19.4 Å². The summed E-state index contributed by atoms with van der Waals surface area (Å²) in [5.74, 6) is 0. The van der Waals surface area contributed by atoms with E-state index in [9.17, 15) is 13.5 Å². The van der Waals surface area contributed by atoms with Crippen LogP contribution in [0.1, 0.15) is 23.7 Å². The monoisotopic (exact) mass is 241 g/mol. The van der Waals surface area contributed by atoms with Crippen molar-refractivity contribution in [3.63, 3.8) is 0 Å². The molecule has 0 saturated heterocycles.